The molecule has 1 aromatic rings. The van der Waals surface area contributed by atoms with E-state index in [-0.39, 0.29) is 0 Å². The van der Waals surface area contributed by atoms with Gasteiger partial charge in [-0.3, -0.25) is 0 Å². The van der Waals surface area contributed by atoms with E-state index in [4.69, 9.17) is 5.73 Å². The first-order valence-corrected chi connectivity index (χ1v) is 5.78. The summed E-state index contributed by atoms with van der Waals surface area (Å²) in [6.45, 7) is 2.20. The van der Waals surface area contributed by atoms with Gasteiger partial charge in [0.1, 0.15) is 11.6 Å². The van der Waals surface area contributed by atoms with Crippen LogP contribution in [0.5, 0.6) is 0 Å². The van der Waals surface area contributed by atoms with Crippen molar-refractivity contribution in [2.45, 2.75) is 32.2 Å². The number of hydrogen-bond acceptors (Lipinski definition) is 5. The highest BCUT2D eigenvalue weighted by atomic mass is 15.1. The van der Waals surface area contributed by atoms with Crippen molar-refractivity contribution < 1.29 is 0 Å². The summed E-state index contributed by atoms with van der Waals surface area (Å²) >= 11 is 0. The standard InChI is InChI=1S/C11H19N5/c1-7(8-4-3-5-8)14-10-6-9(13-2)15-11(12)16-10/h6-8H,3-5H2,1-2H3,(H4,12,13,14,15,16). The summed E-state index contributed by atoms with van der Waals surface area (Å²) in [5.74, 6) is 2.62. The van der Waals surface area contributed by atoms with E-state index >= 15 is 0 Å². The SMILES string of the molecule is CNc1cc(NC(C)C2CCC2)nc(N)n1. The lowest BCUT2D eigenvalue weighted by Gasteiger charge is -2.32. The monoisotopic (exact) mass is 221 g/mol. The van der Waals surface area contributed by atoms with Gasteiger partial charge in [0, 0.05) is 19.2 Å². The lowest BCUT2D eigenvalue weighted by Crippen LogP contribution is -2.31. The average molecular weight is 221 g/mol. The summed E-state index contributed by atoms with van der Waals surface area (Å²) in [6, 6.07) is 2.33. The van der Waals surface area contributed by atoms with Crippen LogP contribution in [0.2, 0.25) is 0 Å². The molecule has 2 rings (SSSR count). The molecular formula is C11H19N5. The van der Waals surface area contributed by atoms with Crippen molar-refractivity contribution in [3.63, 3.8) is 0 Å². The number of rotatable bonds is 4. The van der Waals surface area contributed by atoms with E-state index in [0.29, 0.717) is 12.0 Å². The Morgan fingerprint density at radius 2 is 2.06 bits per heavy atom. The molecule has 88 valence electrons. The summed E-state index contributed by atoms with van der Waals surface area (Å²) < 4.78 is 0. The first-order chi connectivity index (χ1) is 7.69. The third-order valence-electron chi connectivity index (χ3n) is 3.23. The van der Waals surface area contributed by atoms with Gasteiger partial charge < -0.3 is 16.4 Å². The van der Waals surface area contributed by atoms with Crippen molar-refractivity contribution >= 4 is 17.6 Å². The molecule has 0 spiro atoms. The molecule has 16 heavy (non-hydrogen) atoms. The fourth-order valence-electron chi connectivity index (χ4n) is 1.96. The van der Waals surface area contributed by atoms with E-state index in [0.717, 1.165) is 17.6 Å². The van der Waals surface area contributed by atoms with Crippen molar-refractivity contribution in [3.05, 3.63) is 6.07 Å². The molecule has 0 aromatic carbocycles. The van der Waals surface area contributed by atoms with Gasteiger partial charge in [0.25, 0.3) is 0 Å². The zero-order valence-corrected chi connectivity index (χ0v) is 9.83. The number of hydrogen-bond donors (Lipinski definition) is 3. The van der Waals surface area contributed by atoms with Gasteiger partial charge in [0.15, 0.2) is 0 Å². The van der Waals surface area contributed by atoms with E-state index in [1.165, 1.54) is 19.3 Å². The maximum absolute atomic E-state index is 5.63. The van der Waals surface area contributed by atoms with Crippen LogP contribution in [0.15, 0.2) is 6.07 Å². The molecular weight excluding hydrogens is 202 g/mol. The molecule has 0 bridgehead atoms. The Balaban J connectivity index is 2.04. The normalized spacial score (nSPS) is 17.6. The Kier molecular flexibility index (Phi) is 3.12. The summed E-state index contributed by atoms with van der Waals surface area (Å²) in [4.78, 5) is 8.23. The van der Waals surface area contributed by atoms with Gasteiger partial charge in [-0.1, -0.05) is 6.42 Å². The molecule has 5 nitrogen and oxygen atoms in total. The topological polar surface area (TPSA) is 75.9 Å². The van der Waals surface area contributed by atoms with Crippen molar-refractivity contribution in [1.82, 2.24) is 9.97 Å². The third-order valence-corrected chi connectivity index (χ3v) is 3.23. The fraction of sp³-hybridized carbons (Fsp3) is 0.636. The van der Waals surface area contributed by atoms with Crippen molar-refractivity contribution in [2.24, 2.45) is 5.92 Å². The third kappa shape index (κ3) is 2.35. The van der Waals surface area contributed by atoms with Crippen LogP contribution < -0.4 is 16.4 Å². The second kappa shape index (κ2) is 4.55. The zero-order valence-electron chi connectivity index (χ0n) is 9.83. The van der Waals surface area contributed by atoms with Crippen molar-refractivity contribution in [2.75, 3.05) is 23.4 Å². The summed E-state index contributed by atoms with van der Waals surface area (Å²) in [5.41, 5.74) is 5.63. The molecule has 1 aliphatic carbocycles. The molecule has 0 amide bonds. The quantitative estimate of drug-likeness (QED) is 0.721. The predicted molar refractivity (Wildman–Crippen MR) is 66.4 cm³/mol. The maximum Gasteiger partial charge on any atom is 0.223 e. The average Bonchev–Trinajstić information content (AvgIpc) is 2.13. The van der Waals surface area contributed by atoms with Gasteiger partial charge >= 0.3 is 0 Å². The van der Waals surface area contributed by atoms with Gasteiger partial charge in [-0.05, 0) is 25.7 Å². The Morgan fingerprint density at radius 3 is 2.62 bits per heavy atom. The fourth-order valence-corrected chi connectivity index (χ4v) is 1.96. The molecule has 1 aromatic heterocycles. The van der Waals surface area contributed by atoms with Crippen LogP contribution in [-0.4, -0.2) is 23.1 Å². The maximum atomic E-state index is 5.63. The molecule has 0 saturated heterocycles. The summed E-state index contributed by atoms with van der Waals surface area (Å²) in [6.07, 6.45) is 3.98. The molecule has 1 unspecified atom stereocenters. The molecule has 1 aliphatic rings. The van der Waals surface area contributed by atoms with Gasteiger partial charge in [-0.25, -0.2) is 0 Å². The second-order valence-corrected chi connectivity index (χ2v) is 4.37. The molecule has 1 atom stereocenters. The van der Waals surface area contributed by atoms with Gasteiger partial charge in [-0.2, -0.15) is 9.97 Å². The van der Waals surface area contributed by atoms with E-state index in [2.05, 4.69) is 27.5 Å². The Hall–Kier alpha value is -1.52. The highest BCUT2D eigenvalue weighted by Crippen LogP contribution is 2.30. The van der Waals surface area contributed by atoms with Crippen molar-refractivity contribution in [3.8, 4) is 0 Å². The lowest BCUT2D eigenvalue weighted by molar-refractivity contribution is 0.285. The number of nitrogen functional groups attached to an aromatic ring is 1. The Morgan fingerprint density at radius 1 is 1.38 bits per heavy atom. The molecule has 5 heteroatoms. The minimum Gasteiger partial charge on any atom is -0.373 e. The van der Waals surface area contributed by atoms with E-state index in [1.807, 2.05) is 13.1 Å². The Bertz CT molecular complexity index is 361. The van der Waals surface area contributed by atoms with Gasteiger partial charge in [0.05, 0.1) is 0 Å². The highest BCUT2D eigenvalue weighted by molar-refractivity contribution is 5.51. The van der Waals surface area contributed by atoms with Crippen LogP contribution in [0, 0.1) is 5.92 Å². The van der Waals surface area contributed by atoms with Crippen LogP contribution in [0.4, 0.5) is 17.6 Å². The minimum atomic E-state index is 0.301. The first kappa shape index (κ1) is 11.0. The number of nitrogens with zero attached hydrogens (tertiary/aromatic N) is 2. The van der Waals surface area contributed by atoms with E-state index < -0.39 is 0 Å². The zero-order chi connectivity index (χ0) is 11.5. The molecule has 1 fully saturated rings. The molecule has 1 saturated carbocycles. The molecule has 0 aliphatic heterocycles. The van der Waals surface area contributed by atoms with Crippen LogP contribution in [0.3, 0.4) is 0 Å². The molecule has 4 N–H and O–H groups in total. The van der Waals surface area contributed by atoms with E-state index in [9.17, 15) is 0 Å². The van der Waals surface area contributed by atoms with Gasteiger partial charge in [0.2, 0.25) is 5.95 Å². The lowest BCUT2D eigenvalue weighted by atomic mass is 9.80. The number of nitrogens with two attached hydrogens (primary N) is 1. The van der Waals surface area contributed by atoms with Crippen molar-refractivity contribution in [1.29, 1.82) is 0 Å². The van der Waals surface area contributed by atoms with E-state index in [1.54, 1.807) is 0 Å². The van der Waals surface area contributed by atoms with Crippen LogP contribution in [-0.2, 0) is 0 Å². The largest absolute Gasteiger partial charge is 0.373 e. The first-order valence-electron chi connectivity index (χ1n) is 5.78. The highest BCUT2D eigenvalue weighted by Gasteiger charge is 2.24. The summed E-state index contributed by atoms with van der Waals surface area (Å²) in [5, 5.41) is 6.36. The molecule has 1 heterocycles. The molecule has 0 radical (unpaired) electrons. The Labute approximate surface area is 95.9 Å². The van der Waals surface area contributed by atoms with Gasteiger partial charge in [-0.15, -0.1) is 0 Å². The number of aromatic nitrogens is 2. The van der Waals surface area contributed by atoms with Crippen LogP contribution in [0.25, 0.3) is 0 Å². The number of anilines is 3. The van der Waals surface area contributed by atoms with Crippen LogP contribution in [0.1, 0.15) is 26.2 Å². The van der Waals surface area contributed by atoms with Crippen LogP contribution >= 0.6 is 0 Å². The number of nitrogens with one attached hydrogen (secondary N) is 2. The minimum absolute atomic E-state index is 0.301. The smallest absolute Gasteiger partial charge is 0.223 e. The summed E-state index contributed by atoms with van der Waals surface area (Å²) in [7, 11) is 1.82. The predicted octanol–water partition coefficient (Wildman–Crippen LogP) is 1.70. The second-order valence-electron chi connectivity index (χ2n) is 4.37.